The second-order valence-electron chi connectivity index (χ2n) is 5.69. The Morgan fingerprint density at radius 1 is 0.652 bits per heavy atom. The van der Waals surface area contributed by atoms with Gasteiger partial charge in [-0.05, 0) is 59.5 Å². The minimum absolute atomic E-state index is 0.635. The first-order valence-corrected chi connectivity index (χ1v) is 7.37. The van der Waals surface area contributed by atoms with Gasteiger partial charge in [0, 0.05) is 28.3 Å². The third kappa shape index (κ3) is 2.66. The highest BCUT2D eigenvalue weighted by Gasteiger charge is 2.15. The van der Waals surface area contributed by atoms with Crippen LogP contribution in [0.15, 0.2) is 54.6 Å². The summed E-state index contributed by atoms with van der Waals surface area (Å²) in [5, 5.41) is 0. The van der Waals surface area contributed by atoms with Gasteiger partial charge in [0.1, 0.15) is 0 Å². The van der Waals surface area contributed by atoms with Crippen molar-refractivity contribution in [3.8, 4) is 22.3 Å². The van der Waals surface area contributed by atoms with E-state index < -0.39 is 0 Å². The summed E-state index contributed by atoms with van der Waals surface area (Å²) in [6.45, 7) is 1.97. The molecule has 0 aromatic heterocycles. The third-order valence-corrected chi connectivity index (χ3v) is 4.03. The van der Waals surface area contributed by atoms with Crippen LogP contribution >= 0.6 is 0 Å². The second kappa shape index (κ2) is 5.57. The van der Waals surface area contributed by atoms with Crippen LogP contribution in [0.2, 0.25) is 0 Å². The Kier molecular flexibility index (Phi) is 3.58. The van der Waals surface area contributed by atoms with Gasteiger partial charge in [0.25, 0.3) is 0 Å². The normalized spacial score (nSPS) is 10.7. The maximum atomic E-state index is 6.30. The molecule has 0 bridgehead atoms. The Bertz CT molecular complexity index is 867. The highest BCUT2D eigenvalue weighted by molar-refractivity contribution is 5.96. The van der Waals surface area contributed by atoms with E-state index in [1.807, 2.05) is 61.5 Å². The van der Waals surface area contributed by atoms with Crippen molar-refractivity contribution in [1.82, 2.24) is 0 Å². The van der Waals surface area contributed by atoms with Crippen LogP contribution in [0.1, 0.15) is 5.56 Å². The van der Waals surface area contributed by atoms with E-state index in [1.54, 1.807) is 0 Å². The maximum absolute atomic E-state index is 6.30. The van der Waals surface area contributed by atoms with E-state index in [9.17, 15) is 0 Å². The van der Waals surface area contributed by atoms with Gasteiger partial charge in [-0.15, -0.1) is 0 Å². The first-order chi connectivity index (χ1) is 11.0. The second-order valence-corrected chi connectivity index (χ2v) is 5.69. The van der Waals surface area contributed by atoms with Gasteiger partial charge in [0.15, 0.2) is 0 Å². The Hall–Kier alpha value is -3.14. The number of anilines is 4. The highest BCUT2D eigenvalue weighted by atomic mass is 14.6. The Morgan fingerprint density at radius 3 is 2.00 bits per heavy atom. The molecule has 4 nitrogen and oxygen atoms in total. The molecule has 0 fully saturated rings. The molecule has 0 unspecified atom stereocenters. The number of benzene rings is 3. The summed E-state index contributed by atoms with van der Waals surface area (Å²) in [6, 6.07) is 17.3. The average Bonchev–Trinajstić information content (AvgIpc) is 2.53. The van der Waals surface area contributed by atoms with Gasteiger partial charge in [-0.2, -0.15) is 0 Å². The molecule has 0 atom stereocenters. The summed E-state index contributed by atoms with van der Waals surface area (Å²) in [5.41, 5.74) is 31.8. The summed E-state index contributed by atoms with van der Waals surface area (Å²) in [7, 11) is 0. The van der Waals surface area contributed by atoms with Crippen molar-refractivity contribution < 1.29 is 0 Å². The monoisotopic (exact) mass is 304 g/mol. The van der Waals surface area contributed by atoms with E-state index in [0.29, 0.717) is 17.1 Å². The molecule has 3 aromatic rings. The topological polar surface area (TPSA) is 104 Å². The van der Waals surface area contributed by atoms with Crippen LogP contribution in [0, 0.1) is 6.92 Å². The lowest BCUT2D eigenvalue weighted by Crippen LogP contribution is -2.00. The first-order valence-electron chi connectivity index (χ1n) is 7.37. The van der Waals surface area contributed by atoms with Gasteiger partial charge < -0.3 is 22.9 Å². The summed E-state index contributed by atoms with van der Waals surface area (Å²) in [4.78, 5) is 0. The molecular formula is C19H20N4. The molecule has 0 spiro atoms. The summed E-state index contributed by atoms with van der Waals surface area (Å²) in [6.07, 6.45) is 0. The average molecular weight is 304 g/mol. The lowest BCUT2D eigenvalue weighted by atomic mass is 9.91. The van der Waals surface area contributed by atoms with Crippen molar-refractivity contribution in [3.05, 3.63) is 60.2 Å². The van der Waals surface area contributed by atoms with E-state index in [-0.39, 0.29) is 0 Å². The molecule has 3 aromatic carbocycles. The number of rotatable bonds is 2. The minimum atomic E-state index is 0.635. The summed E-state index contributed by atoms with van der Waals surface area (Å²) in [5.74, 6) is 0. The van der Waals surface area contributed by atoms with Gasteiger partial charge in [-0.3, -0.25) is 0 Å². The zero-order chi connectivity index (χ0) is 16.6. The molecule has 116 valence electrons. The van der Waals surface area contributed by atoms with Crippen molar-refractivity contribution >= 4 is 22.7 Å². The van der Waals surface area contributed by atoms with Gasteiger partial charge in [0.2, 0.25) is 0 Å². The predicted molar refractivity (Wildman–Crippen MR) is 99.7 cm³/mol. The van der Waals surface area contributed by atoms with Gasteiger partial charge >= 0.3 is 0 Å². The smallest absolute Gasteiger partial charge is 0.0444 e. The zero-order valence-corrected chi connectivity index (χ0v) is 13.0. The zero-order valence-electron chi connectivity index (χ0n) is 13.0. The Labute approximate surface area is 135 Å². The number of hydrogen-bond donors (Lipinski definition) is 4. The van der Waals surface area contributed by atoms with E-state index in [1.165, 1.54) is 0 Å². The maximum Gasteiger partial charge on any atom is 0.0444 e. The lowest BCUT2D eigenvalue weighted by Gasteiger charge is -2.17. The predicted octanol–water partition coefficient (Wildman–Crippen LogP) is 3.66. The van der Waals surface area contributed by atoms with Crippen LogP contribution in [0.5, 0.6) is 0 Å². The van der Waals surface area contributed by atoms with Crippen LogP contribution in [0.4, 0.5) is 22.7 Å². The molecule has 0 aliphatic rings. The van der Waals surface area contributed by atoms with Crippen molar-refractivity contribution in [1.29, 1.82) is 0 Å². The number of aryl methyl sites for hydroxylation is 1. The number of hydrogen-bond acceptors (Lipinski definition) is 4. The molecule has 8 N–H and O–H groups in total. The van der Waals surface area contributed by atoms with Crippen LogP contribution in [0.25, 0.3) is 22.3 Å². The van der Waals surface area contributed by atoms with Crippen molar-refractivity contribution in [2.75, 3.05) is 22.9 Å². The molecule has 0 saturated carbocycles. The number of nitrogens with two attached hydrogens (primary N) is 4. The fourth-order valence-corrected chi connectivity index (χ4v) is 2.72. The van der Waals surface area contributed by atoms with E-state index >= 15 is 0 Å². The van der Waals surface area contributed by atoms with Crippen LogP contribution in [-0.4, -0.2) is 0 Å². The van der Waals surface area contributed by atoms with Crippen molar-refractivity contribution in [3.63, 3.8) is 0 Å². The largest absolute Gasteiger partial charge is 0.399 e. The lowest BCUT2D eigenvalue weighted by molar-refractivity contribution is 1.46. The standard InChI is InChI=1S/C19H20N4/c1-11-2-9-17(22)18(19(11)23)16-10-14(21)7-8-15(16)12-3-5-13(20)6-4-12/h2-10H,20-23H2,1H3. The van der Waals surface area contributed by atoms with E-state index in [2.05, 4.69) is 0 Å². The van der Waals surface area contributed by atoms with Gasteiger partial charge in [-0.1, -0.05) is 24.3 Å². The van der Waals surface area contributed by atoms with Gasteiger partial charge in [-0.25, -0.2) is 0 Å². The van der Waals surface area contributed by atoms with Crippen LogP contribution in [-0.2, 0) is 0 Å². The summed E-state index contributed by atoms with van der Waals surface area (Å²) < 4.78 is 0. The molecule has 0 radical (unpaired) electrons. The fraction of sp³-hybridized carbons (Fsp3) is 0.0526. The molecule has 0 aliphatic carbocycles. The number of nitrogen functional groups attached to an aromatic ring is 4. The van der Waals surface area contributed by atoms with Crippen molar-refractivity contribution in [2.45, 2.75) is 6.92 Å². The molecule has 4 heteroatoms. The van der Waals surface area contributed by atoms with Gasteiger partial charge in [0.05, 0.1) is 0 Å². The molecule has 0 amide bonds. The minimum Gasteiger partial charge on any atom is -0.399 e. The van der Waals surface area contributed by atoms with Crippen LogP contribution in [0.3, 0.4) is 0 Å². The quantitative estimate of drug-likeness (QED) is 0.542. The first kappa shape index (κ1) is 14.8. The Morgan fingerprint density at radius 2 is 1.30 bits per heavy atom. The molecule has 0 heterocycles. The molecule has 0 aliphatic heterocycles. The van der Waals surface area contributed by atoms with Crippen LogP contribution < -0.4 is 22.9 Å². The molecular weight excluding hydrogens is 284 g/mol. The highest BCUT2D eigenvalue weighted by Crippen LogP contribution is 2.41. The van der Waals surface area contributed by atoms with E-state index in [4.69, 9.17) is 22.9 Å². The third-order valence-electron chi connectivity index (χ3n) is 4.03. The SMILES string of the molecule is Cc1ccc(N)c(-c2cc(N)ccc2-c2ccc(N)cc2)c1N. The molecule has 0 saturated heterocycles. The summed E-state index contributed by atoms with van der Waals surface area (Å²) >= 11 is 0. The fourth-order valence-electron chi connectivity index (χ4n) is 2.72. The van der Waals surface area contributed by atoms with Crippen molar-refractivity contribution in [2.24, 2.45) is 0 Å². The molecule has 3 rings (SSSR count). The Balaban J connectivity index is 2.30. The van der Waals surface area contributed by atoms with E-state index in [0.717, 1.165) is 33.5 Å². The molecule has 23 heavy (non-hydrogen) atoms.